The van der Waals surface area contributed by atoms with Crippen molar-refractivity contribution in [1.29, 1.82) is 0 Å². The first-order chi connectivity index (χ1) is 7.66. The van der Waals surface area contributed by atoms with E-state index in [1.54, 1.807) is 24.3 Å². The second kappa shape index (κ2) is 4.51. The van der Waals surface area contributed by atoms with Gasteiger partial charge >= 0.3 is 6.09 Å². The number of para-hydroxylation sites is 1. The SMILES string of the molecule is O=C(Oc1ccccc1)N1C[C@@H](O)[C@@H](O)C1. The van der Waals surface area contributed by atoms with Gasteiger partial charge in [0.15, 0.2) is 0 Å². The molecule has 2 atom stereocenters. The van der Waals surface area contributed by atoms with Gasteiger partial charge in [-0.25, -0.2) is 4.79 Å². The molecule has 0 spiro atoms. The zero-order valence-corrected chi connectivity index (χ0v) is 8.61. The molecule has 2 N–H and O–H groups in total. The summed E-state index contributed by atoms with van der Waals surface area (Å²) in [6, 6.07) is 8.68. The number of nitrogens with zero attached hydrogens (tertiary/aromatic N) is 1. The molecule has 1 aliphatic rings. The molecule has 0 aromatic heterocycles. The summed E-state index contributed by atoms with van der Waals surface area (Å²) in [5, 5.41) is 18.6. The predicted octanol–water partition coefficient (Wildman–Crippen LogP) is 0.223. The second-order valence-electron chi connectivity index (χ2n) is 3.72. The molecule has 2 rings (SSSR count). The molecule has 1 aromatic rings. The highest BCUT2D eigenvalue weighted by atomic mass is 16.6. The normalized spacial score (nSPS) is 24.5. The third-order valence-electron chi connectivity index (χ3n) is 2.47. The Morgan fingerprint density at radius 3 is 2.31 bits per heavy atom. The minimum atomic E-state index is -0.886. The predicted molar refractivity (Wildman–Crippen MR) is 56.1 cm³/mol. The van der Waals surface area contributed by atoms with E-state index in [4.69, 9.17) is 4.74 Å². The molecule has 0 bridgehead atoms. The van der Waals surface area contributed by atoms with Gasteiger partial charge < -0.3 is 19.8 Å². The van der Waals surface area contributed by atoms with E-state index in [9.17, 15) is 15.0 Å². The summed E-state index contributed by atoms with van der Waals surface area (Å²) in [6.45, 7) is 0.208. The fourth-order valence-electron chi connectivity index (χ4n) is 1.57. The number of β-amino-alcohol motifs (C(OH)–C–C–N with tert-alkyl or cyclic N) is 2. The Morgan fingerprint density at radius 1 is 1.19 bits per heavy atom. The van der Waals surface area contributed by atoms with Crippen molar-refractivity contribution in [2.24, 2.45) is 0 Å². The van der Waals surface area contributed by atoms with Gasteiger partial charge in [0.05, 0.1) is 25.3 Å². The molecule has 0 saturated carbocycles. The standard InChI is InChI=1S/C11H13NO4/c13-9-6-12(7-10(9)14)11(15)16-8-4-2-1-3-5-8/h1-5,9-10,13-14H,6-7H2/t9-,10+. The monoisotopic (exact) mass is 223 g/mol. The number of carbonyl (C=O) groups excluding carboxylic acids is 1. The van der Waals surface area contributed by atoms with Crippen LogP contribution in [0.4, 0.5) is 4.79 Å². The topological polar surface area (TPSA) is 70.0 Å². The smallest absolute Gasteiger partial charge is 0.410 e. The molecular weight excluding hydrogens is 210 g/mol. The lowest BCUT2D eigenvalue weighted by atomic mass is 10.3. The van der Waals surface area contributed by atoms with E-state index >= 15 is 0 Å². The van der Waals surface area contributed by atoms with Gasteiger partial charge in [-0.2, -0.15) is 0 Å². The molecule has 1 aliphatic heterocycles. The van der Waals surface area contributed by atoms with Crippen molar-refractivity contribution in [2.45, 2.75) is 12.2 Å². The Labute approximate surface area is 92.9 Å². The molecule has 1 aromatic carbocycles. The van der Waals surface area contributed by atoms with Crippen LogP contribution in [0.1, 0.15) is 0 Å². The van der Waals surface area contributed by atoms with E-state index in [0.717, 1.165) is 0 Å². The fraction of sp³-hybridized carbons (Fsp3) is 0.364. The molecule has 0 unspecified atom stereocenters. The fourth-order valence-corrected chi connectivity index (χ4v) is 1.57. The van der Waals surface area contributed by atoms with Gasteiger partial charge in [0.1, 0.15) is 5.75 Å². The molecule has 0 radical (unpaired) electrons. The van der Waals surface area contributed by atoms with Crippen LogP contribution in [0.3, 0.4) is 0 Å². The van der Waals surface area contributed by atoms with E-state index in [1.165, 1.54) is 4.90 Å². The summed E-state index contributed by atoms with van der Waals surface area (Å²) in [4.78, 5) is 12.9. The van der Waals surface area contributed by atoms with E-state index in [-0.39, 0.29) is 13.1 Å². The summed E-state index contributed by atoms with van der Waals surface area (Å²) in [5.74, 6) is 0.448. The third kappa shape index (κ3) is 2.32. The van der Waals surface area contributed by atoms with Crippen LogP contribution in [0, 0.1) is 0 Å². The van der Waals surface area contributed by atoms with Gasteiger partial charge in [-0.15, -0.1) is 0 Å². The van der Waals surface area contributed by atoms with Crippen LogP contribution >= 0.6 is 0 Å². The Balaban J connectivity index is 1.95. The molecule has 86 valence electrons. The van der Waals surface area contributed by atoms with Crippen LogP contribution in [0.25, 0.3) is 0 Å². The molecule has 0 aliphatic carbocycles. The van der Waals surface area contributed by atoms with E-state index in [1.807, 2.05) is 6.07 Å². The molecule has 5 nitrogen and oxygen atoms in total. The lowest BCUT2D eigenvalue weighted by Gasteiger charge is -2.14. The first-order valence-corrected chi connectivity index (χ1v) is 5.05. The highest BCUT2D eigenvalue weighted by Gasteiger charge is 2.33. The number of aliphatic hydroxyl groups is 2. The van der Waals surface area contributed by atoms with Crippen LogP contribution in [0.5, 0.6) is 5.75 Å². The highest BCUT2D eigenvalue weighted by Crippen LogP contribution is 2.14. The maximum absolute atomic E-state index is 11.6. The minimum absolute atomic E-state index is 0.104. The molecule has 1 amide bonds. The van der Waals surface area contributed by atoms with Gasteiger partial charge in [-0.1, -0.05) is 18.2 Å². The number of aliphatic hydroxyl groups excluding tert-OH is 2. The van der Waals surface area contributed by atoms with Crippen LogP contribution in [0.2, 0.25) is 0 Å². The number of amides is 1. The van der Waals surface area contributed by atoms with Crippen molar-refractivity contribution in [1.82, 2.24) is 4.90 Å². The number of hydrogen-bond donors (Lipinski definition) is 2. The van der Waals surface area contributed by atoms with Crippen LogP contribution < -0.4 is 4.74 Å². The second-order valence-corrected chi connectivity index (χ2v) is 3.72. The van der Waals surface area contributed by atoms with Crippen molar-refractivity contribution in [2.75, 3.05) is 13.1 Å². The highest BCUT2D eigenvalue weighted by molar-refractivity contribution is 5.71. The number of likely N-dealkylation sites (tertiary alicyclic amines) is 1. The van der Waals surface area contributed by atoms with Crippen LogP contribution in [-0.4, -0.2) is 46.5 Å². The van der Waals surface area contributed by atoms with E-state index in [0.29, 0.717) is 5.75 Å². The summed E-state index contributed by atoms with van der Waals surface area (Å²) in [5.41, 5.74) is 0. The molecule has 1 heterocycles. The molecule has 5 heteroatoms. The van der Waals surface area contributed by atoms with Crippen molar-refractivity contribution >= 4 is 6.09 Å². The third-order valence-corrected chi connectivity index (χ3v) is 2.47. The Bertz CT molecular complexity index is 358. The average molecular weight is 223 g/mol. The quantitative estimate of drug-likeness (QED) is 0.714. The van der Waals surface area contributed by atoms with Crippen molar-refractivity contribution in [3.05, 3.63) is 30.3 Å². The number of carbonyl (C=O) groups is 1. The maximum atomic E-state index is 11.6. The van der Waals surface area contributed by atoms with Gasteiger partial charge in [0.25, 0.3) is 0 Å². The van der Waals surface area contributed by atoms with Crippen LogP contribution in [0.15, 0.2) is 30.3 Å². The zero-order valence-electron chi connectivity index (χ0n) is 8.61. The molecular formula is C11H13NO4. The molecule has 1 fully saturated rings. The van der Waals surface area contributed by atoms with E-state index in [2.05, 4.69) is 0 Å². The number of rotatable bonds is 1. The van der Waals surface area contributed by atoms with Gasteiger partial charge in [0, 0.05) is 0 Å². The van der Waals surface area contributed by atoms with Crippen molar-refractivity contribution < 1.29 is 19.7 Å². The summed E-state index contributed by atoms with van der Waals surface area (Å²) in [6.07, 6.45) is -2.33. The van der Waals surface area contributed by atoms with Crippen molar-refractivity contribution in [3.8, 4) is 5.75 Å². The Morgan fingerprint density at radius 2 is 1.75 bits per heavy atom. The molecule has 16 heavy (non-hydrogen) atoms. The zero-order chi connectivity index (χ0) is 11.5. The number of ether oxygens (including phenoxy) is 1. The Hall–Kier alpha value is -1.59. The lowest BCUT2D eigenvalue weighted by molar-refractivity contribution is 0.0572. The summed E-state index contributed by atoms with van der Waals surface area (Å²) < 4.78 is 5.06. The largest absolute Gasteiger partial charge is 0.415 e. The number of hydrogen-bond acceptors (Lipinski definition) is 4. The maximum Gasteiger partial charge on any atom is 0.415 e. The lowest BCUT2D eigenvalue weighted by Crippen LogP contribution is -2.32. The van der Waals surface area contributed by atoms with Gasteiger partial charge in [-0.05, 0) is 12.1 Å². The average Bonchev–Trinajstić information content (AvgIpc) is 2.61. The number of benzene rings is 1. The first kappa shape index (κ1) is 10.9. The molecule has 1 saturated heterocycles. The van der Waals surface area contributed by atoms with E-state index < -0.39 is 18.3 Å². The first-order valence-electron chi connectivity index (χ1n) is 5.05. The Kier molecular flexibility index (Phi) is 3.07. The summed E-state index contributed by atoms with van der Waals surface area (Å²) in [7, 11) is 0. The van der Waals surface area contributed by atoms with Crippen LogP contribution in [-0.2, 0) is 0 Å². The summed E-state index contributed by atoms with van der Waals surface area (Å²) >= 11 is 0. The minimum Gasteiger partial charge on any atom is -0.410 e. The van der Waals surface area contributed by atoms with Gasteiger partial charge in [-0.3, -0.25) is 0 Å². The van der Waals surface area contributed by atoms with Gasteiger partial charge in [0.2, 0.25) is 0 Å². The van der Waals surface area contributed by atoms with Crippen molar-refractivity contribution in [3.63, 3.8) is 0 Å².